The van der Waals surface area contributed by atoms with Gasteiger partial charge in [0.25, 0.3) is 0 Å². The largest absolute Gasteiger partial charge is 0.444 e. The van der Waals surface area contributed by atoms with Crippen molar-refractivity contribution in [2.75, 3.05) is 12.8 Å². The number of ether oxygens (including phenoxy) is 2. The van der Waals surface area contributed by atoms with Gasteiger partial charge in [-0.1, -0.05) is 42.5 Å². The summed E-state index contributed by atoms with van der Waals surface area (Å²) in [5.74, 6) is 0.201. The SMILES string of the molecule is CC(C)(C)OC(=O)NCC(C)(OCc1ccccc1)c1ccc(OS(C)(=O)=O)cc1. The highest BCUT2D eigenvalue weighted by Crippen LogP contribution is 2.28. The fraction of sp³-hybridized carbons (Fsp3) is 0.409. The molecule has 0 aliphatic carbocycles. The molecule has 0 heterocycles. The topological polar surface area (TPSA) is 90.9 Å². The molecule has 8 heteroatoms. The molecule has 0 aromatic heterocycles. The maximum Gasteiger partial charge on any atom is 0.407 e. The monoisotopic (exact) mass is 435 g/mol. The Morgan fingerprint density at radius 3 is 2.10 bits per heavy atom. The first kappa shape index (κ1) is 23.7. The summed E-state index contributed by atoms with van der Waals surface area (Å²) in [5, 5.41) is 2.75. The van der Waals surface area contributed by atoms with Gasteiger partial charge >= 0.3 is 16.2 Å². The van der Waals surface area contributed by atoms with Gasteiger partial charge in [-0.2, -0.15) is 8.42 Å². The molecular weight excluding hydrogens is 406 g/mol. The summed E-state index contributed by atoms with van der Waals surface area (Å²) < 4.78 is 39.1. The van der Waals surface area contributed by atoms with Gasteiger partial charge in [0.1, 0.15) is 17.0 Å². The van der Waals surface area contributed by atoms with Crippen molar-refractivity contribution >= 4 is 16.2 Å². The quantitative estimate of drug-likeness (QED) is 0.631. The smallest absolute Gasteiger partial charge is 0.407 e. The first-order chi connectivity index (χ1) is 13.9. The molecule has 2 aromatic rings. The number of rotatable bonds is 8. The number of amides is 1. The van der Waals surface area contributed by atoms with Crippen molar-refractivity contribution in [1.29, 1.82) is 0 Å². The van der Waals surface area contributed by atoms with Gasteiger partial charge in [0, 0.05) is 0 Å². The van der Waals surface area contributed by atoms with Crippen LogP contribution in [0.4, 0.5) is 4.79 Å². The van der Waals surface area contributed by atoms with E-state index in [2.05, 4.69) is 5.32 Å². The molecule has 30 heavy (non-hydrogen) atoms. The van der Waals surface area contributed by atoms with Crippen LogP contribution in [0.15, 0.2) is 54.6 Å². The summed E-state index contributed by atoms with van der Waals surface area (Å²) in [6.07, 6.45) is 0.438. The highest BCUT2D eigenvalue weighted by atomic mass is 32.2. The molecule has 0 radical (unpaired) electrons. The van der Waals surface area contributed by atoms with Gasteiger partial charge in [-0.25, -0.2) is 4.79 Å². The van der Waals surface area contributed by atoms with Gasteiger partial charge < -0.3 is 19.0 Å². The molecule has 0 fully saturated rings. The highest BCUT2D eigenvalue weighted by Gasteiger charge is 2.30. The van der Waals surface area contributed by atoms with Gasteiger partial charge in [0.15, 0.2) is 0 Å². The van der Waals surface area contributed by atoms with Crippen molar-refractivity contribution in [2.24, 2.45) is 0 Å². The van der Waals surface area contributed by atoms with Gasteiger partial charge in [-0.15, -0.1) is 0 Å². The molecule has 0 aliphatic rings. The molecule has 1 N–H and O–H groups in total. The number of carbonyl (C=O) groups excluding carboxylic acids is 1. The minimum Gasteiger partial charge on any atom is -0.444 e. The minimum absolute atomic E-state index is 0.154. The second-order valence-corrected chi connectivity index (χ2v) is 9.75. The van der Waals surface area contributed by atoms with Gasteiger partial charge in [-0.05, 0) is 51.0 Å². The lowest BCUT2D eigenvalue weighted by Gasteiger charge is -2.31. The molecule has 0 saturated heterocycles. The van der Waals surface area contributed by atoms with Crippen molar-refractivity contribution in [3.05, 3.63) is 65.7 Å². The summed E-state index contributed by atoms with van der Waals surface area (Å²) in [7, 11) is -3.62. The Hall–Kier alpha value is -2.58. The third-order valence-corrected chi connectivity index (χ3v) is 4.58. The number of carbonyl (C=O) groups is 1. The molecule has 1 unspecified atom stereocenters. The average Bonchev–Trinajstić information content (AvgIpc) is 2.64. The zero-order valence-corrected chi connectivity index (χ0v) is 18.8. The number of benzene rings is 2. The van der Waals surface area contributed by atoms with Crippen LogP contribution in [-0.4, -0.2) is 32.9 Å². The Balaban J connectivity index is 2.20. The molecule has 2 aromatic carbocycles. The van der Waals surface area contributed by atoms with Crippen LogP contribution in [0.25, 0.3) is 0 Å². The molecule has 1 amide bonds. The fourth-order valence-corrected chi connectivity index (χ4v) is 3.11. The molecule has 0 aliphatic heterocycles. The van der Waals surface area contributed by atoms with Crippen molar-refractivity contribution in [2.45, 2.75) is 45.5 Å². The molecule has 7 nitrogen and oxygen atoms in total. The number of hydrogen-bond acceptors (Lipinski definition) is 6. The maximum absolute atomic E-state index is 12.1. The molecule has 2 rings (SSSR count). The van der Waals surface area contributed by atoms with E-state index in [9.17, 15) is 13.2 Å². The Labute approximate surface area is 178 Å². The van der Waals surface area contributed by atoms with E-state index >= 15 is 0 Å². The van der Waals surface area contributed by atoms with Crippen molar-refractivity contribution in [1.82, 2.24) is 5.32 Å². The molecule has 1 atom stereocenters. The lowest BCUT2D eigenvalue weighted by Crippen LogP contribution is -2.42. The lowest BCUT2D eigenvalue weighted by molar-refractivity contribution is -0.0481. The number of hydrogen-bond donors (Lipinski definition) is 1. The van der Waals surface area contributed by atoms with Crippen molar-refractivity contribution < 1.29 is 26.9 Å². The van der Waals surface area contributed by atoms with Crippen LogP contribution in [-0.2, 0) is 31.8 Å². The normalized spacial score (nSPS) is 13.9. The van der Waals surface area contributed by atoms with Crippen molar-refractivity contribution in [3.63, 3.8) is 0 Å². The summed E-state index contributed by atoms with van der Waals surface area (Å²) in [6, 6.07) is 16.2. The third kappa shape index (κ3) is 8.04. The fourth-order valence-electron chi connectivity index (χ4n) is 2.65. The first-order valence-electron chi connectivity index (χ1n) is 9.51. The van der Waals surface area contributed by atoms with Gasteiger partial charge in [-0.3, -0.25) is 0 Å². The van der Waals surface area contributed by atoms with Crippen LogP contribution in [0, 0.1) is 0 Å². The Bertz CT molecular complexity index is 936. The standard InChI is InChI=1S/C22H29NO6S/c1-21(2,3)28-20(24)23-16-22(4,27-15-17-9-7-6-8-10-17)18-11-13-19(14-12-18)29-30(5,25)26/h6-14H,15-16H2,1-5H3,(H,23,24). The van der Waals surface area contributed by atoms with E-state index < -0.39 is 27.4 Å². The van der Waals surface area contributed by atoms with Gasteiger partial charge in [0.05, 0.1) is 19.4 Å². The lowest BCUT2D eigenvalue weighted by atomic mass is 9.95. The number of alkyl carbamates (subject to hydrolysis) is 1. The van der Waals surface area contributed by atoms with Crippen LogP contribution in [0.5, 0.6) is 5.75 Å². The summed E-state index contributed by atoms with van der Waals surface area (Å²) in [6.45, 7) is 7.70. The molecular formula is C22H29NO6S. The van der Waals surface area contributed by atoms with E-state index in [0.29, 0.717) is 6.61 Å². The molecule has 0 spiro atoms. The van der Waals surface area contributed by atoms with Crippen molar-refractivity contribution in [3.8, 4) is 5.75 Å². The second kappa shape index (κ2) is 9.49. The van der Waals surface area contributed by atoms with E-state index in [1.807, 2.05) is 37.3 Å². The Kier molecular flexibility index (Phi) is 7.49. The zero-order chi connectivity index (χ0) is 22.4. The molecule has 164 valence electrons. The van der Waals surface area contributed by atoms with E-state index in [1.165, 1.54) is 0 Å². The van der Waals surface area contributed by atoms with Crippen LogP contribution in [0.1, 0.15) is 38.8 Å². The van der Waals surface area contributed by atoms with Crippen LogP contribution < -0.4 is 9.50 Å². The highest BCUT2D eigenvalue weighted by molar-refractivity contribution is 7.86. The predicted octanol–water partition coefficient (Wildman–Crippen LogP) is 3.98. The van der Waals surface area contributed by atoms with E-state index in [4.69, 9.17) is 13.7 Å². The molecule has 0 saturated carbocycles. The zero-order valence-electron chi connectivity index (χ0n) is 18.0. The van der Waals surface area contributed by atoms with Crippen LogP contribution in [0.2, 0.25) is 0 Å². The predicted molar refractivity (Wildman–Crippen MR) is 115 cm³/mol. The first-order valence-corrected chi connectivity index (χ1v) is 11.3. The van der Waals surface area contributed by atoms with Crippen LogP contribution in [0.3, 0.4) is 0 Å². The van der Waals surface area contributed by atoms with Crippen LogP contribution >= 0.6 is 0 Å². The Morgan fingerprint density at radius 1 is 0.967 bits per heavy atom. The third-order valence-electron chi connectivity index (χ3n) is 4.08. The minimum atomic E-state index is -3.62. The van der Waals surface area contributed by atoms with E-state index in [0.717, 1.165) is 17.4 Å². The maximum atomic E-state index is 12.1. The van der Waals surface area contributed by atoms with E-state index in [-0.39, 0.29) is 12.3 Å². The van der Waals surface area contributed by atoms with E-state index in [1.54, 1.807) is 45.0 Å². The summed E-state index contributed by atoms with van der Waals surface area (Å²) >= 11 is 0. The number of nitrogens with one attached hydrogen (secondary N) is 1. The van der Waals surface area contributed by atoms with Gasteiger partial charge in [0.2, 0.25) is 0 Å². The Morgan fingerprint density at radius 2 is 1.57 bits per heavy atom. The molecule has 0 bridgehead atoms. The summed E-state index contributed by atoms with van der Waals surface area (Å²) in [4.78, 5) is 12.1. The summed E-state index contributed by atoms with van der Waals surface area (Å²) in [5.41, 5.74) is 0.222. The second-order valence-electron chi connectivity index (χ2n) is 8.17. The average molecular weight is 436 g/mol.